The van der Waals surface area contributed by atoms with E-state index in [-0.39, 0.29) is 28.8 Å². The third kappa shape index (κ3) is 5.51. The summed E-state index contributed by atoms with van der Waals surface area (Å²) in [5, 5.41) is 4.34. The standard InChI is InChI=1S/C28H25BrFN7O3S/c1-41(39,40)22-12-19(29)6-7-21(22)37-14-18(13-32-37)17-8-15(9-20(30)11-17)10-23-33-24(26(31)38)25-28(34-23)36-27(35-25)16-4-2-3-5-16/h6-9,11-14,16H,2-5,10H2,1H3,(H2,31,38)(H,33,34,35,36). The minimum atomic E-state index is -3.54. The molecule has 5 aromatic rings. The number of imidazole rings is 1. The molecule has 0 atom stereocenters. The van der Waals surface area contributed by atoms with E-state index in [0.717, 1.165) is 37.8 Å². The quantitative estimate of drug-likeness (QED) is 0.259. The number of hydrogen-bond acceptors (Lipinski definition) is 7. The third-order valence-electron chi connectivity index (χ3n) is 7.19. The molecule has 1 aliphatic carbocycles. The van der Waals surface area contributed by atoms with Crippen LogP contribution in [0.4, 0.5) is 4.39 Å². The zero-order valence-corrected chi connectivity index (χ0v) is 24.3. The molecule has 41 heavy (non-hydrogen) atoms. The van der Waals surface area contributed by atoms with Gasteiger partial charge < -0.3 is 10.7 Å². The summed E-state index contributed by atoms with van der Waals surface area (Å²) in [5.74, 6) is 0.169. The van der Waals surface area contributed by atoms with Gasteiger partial charge in [0.05, 0.1) is 16.8 Å². The van der Waals surface area contributed by atoms with E-state index in [9.17, 15) is 17.6 Å². The van der Waals surface area contributed by atoms with Crippen LogP contribution in [-0.4, -0.2) is 50.3 Å². The van der Waals surface area contributed by atoms with Gasteiger partial charge in [-0.25, -0.2) is 32.4 Å². The van der Waals surface area contributed by atoms with Crippen LogP contribution in [0.15, 0.2) is 58.2 Å². The summed E-state index contributed by atoms with van der Waals surface area (Å²) in [5.41, 5.74) is 8.51. The molecule has 1 fully saturated rings. The smallest absolute Gasteiger partial charge is 0.269 e. The Kier molecular flexibility index (Phi) is 6.94. The molecule has 0 spiro atoms. The number of aromatic amines is 1. The largest absolute Gasteiger partial charge is 0.364 e. The van der Waals surface area contributed by atoms with Crippen molar-refractivity contribution in [2.75, 3.05) is 6.26 Å². The second-order valence-electron chi connectivity index (χ2n) is 10.2. The highest BCUT2D eigenvalue weighted by molar-refractivity contribution is 9.10. The predicted octanol–water partition coefficient (Wildman–Crippen LogP) is 4.86. The van der Waals surface area contributed by atoms with Crippen LogP contribution in [0.1, 0.15) is 59.3 Å². The first-order valence-corrected chi connectivity index (χ1v) is 15.6. The Morgan fingerprint density at radius 3 is 2.63 bits per heavy atom. The van der Waals surface area contributed by atoms with E-state index < -0.39 is 21.6 Å². The molecule has 3 N–H and O–H groups in total. The maximum Gasteiger partial charge on any atom is 0.269 e. The van der Waals surface area contributed by atoms with Crippen LogP contribution in [0, 0.1) is 5.82 Å². The van der Waals surface area contributed by atoms with E-state index in [0.29, 0.717) is 38.0 Å². The Hall–Kier alpha value is -3.97. The number of halogens is 2. The summed E-state index contributed by atoms with van der Waals surface area (Å²) < 4.78 is 41.6. The lowest BCUT2D eigenvalue weighted by Crippen LogP contribution is -2.16. The van der Waals surface area contributed by atoms with Crippen LogP contribution in [0.3, 0.4) is 0 Å². The number of rotatable bonds is 7. The number of primary amides is 1. The number of nitrogens with two attached hydrogens (primary N) is 1. The Bertz CT molecular complexity index is 1930. The van der Waals surface area contributed by atoms with Gasteiger partial charge >= 0.3 is 0 Å². The maximum absolute atomic E-state index is 14.8. The van der Waals surface area contributed by atoms with Crippen molar-refractivity contribution in [3.63, 3.8) is 0 Å². The number of benzene rings is 2. The SMILES string of the molecule is CS(=O)(=O)c1cc(Br)ccc1-n1cc(-c2cc(F)cc(Cc3nc(C(N)=O)c4[nH]c(C5CCCC5)nc4n3)c2)cn1. The van der Waals surface area contributed by atoms with Gasteiger partial charge in [0, 0.05) is 34.8 Å². The predicted molar refractivity (Wildman–Crippen MR) is 154 cm³/mol. The molecule has 3 aromatic heterocycles. The molecule has 3 heterocycles. The van der Waals surface area contributed by atoms with E-state index in [1.54, 1.807) is 24.4 Å². The van der Waals surface area contributed by atoms with Crippen LogP contribution in [0.25, 0.3) is 28.0 Å². The van der Waals surface area contributed by atoms with Crippen LogP contribution < -0.4 is 5.73 Å². The summed E-state index contributed by atoms with van der Waals surface area (Å²) in [6, 6.07) is 9.39. The van der Waals surface area contributed by atoms with E-state index in [1.165, 1.54) is 29.1 Å². The monoisotopic (exact) mass is 637 g/mol. The minimum Gasteiger partial charge on any atom is -0.364 e. The van der Waals surface area contributed by atoms with Crippen LogP contribution in [-0.2, 0) is 16.3 Å². The number of amides is 1. The van der Waals surface area contributed by atoms with Gasteiger partial charge in [0.15, 0.2) is 21.2 Å². The number of sulfone groups is 1. The highest BCUT2D eigenvalue weighted by Gasteiger charge is 2.24. The van der Waals surface area contributed by atoms with Crippen LogP contribution >= 0.6 is 15.9 Å². The number of carbonyl (C=O) groups excluding carboxylic acids is 1. The molecule has 210 valence electrons. The molecule has 1 aliphatic rings. The van der Waals surface area contributed by atoms with Gasteiger partial charge in [0.1, 0.15) is 23.0 Å². The van der Waals surface area contributed by atoms with Crippen molar-refractivity contribution in [3.05, 3.63) is 82.0 Å². The Morgan fingerprint density at radius 2 is 1.90 bits per heavy atom. The molecule has 10 nitrogen and oxygen atoms in total. The molecule has 0 aliphatic heterocycles. The van der Waals surface area contributed by atoms with Crippen molar-refractivity contribution < 1.29 is 17.6 Å². The minimum absolute atomic E-state index is 0.0517. The van der Waals surface area contributed by atoms with Crippen molar-refractivity contribution in [3.8, 4) is 16.8 Å². The van der Waals surface area contributed by atoms with Gasteiger partial charge in [-0.1, -0.05) is 34.8 Å². The van der Waals surface area contributed by atoms with E-state index in [1.807, 2.05) is 0 Å². The van der Waals surface area contributed by atoms with Gasteiger partial charge in [-0.3, -0.25) is 4.79 Å². The topological polar surface area (TPSA) is 150 Å². The second kappa shape index (κ2) is 10.5. The molecule has 0 bridgehead atoms. The third-order valence-corrected chi connectivity index (χ3v) is 8.81. The summed E-state index contributed by atoms with van der Waals surface area (Å²) in [4.78, 5) is 29.1. The number of H-pyrrole nitrogens is 1. The first kappa shape index (κ1) is 27.2. The molecule has 0 radical (unpaired) electrons. The lowest BCUT2D eigenvalue weighted by Gasteiger charge is -2.09. The highest BCUT2D eigenvalue weighted by atomic mass is 79.9. The zero-order chi connectivity index (χ0) is 28.9. The lowest BCUT2D eigenvalue weighted by molar-refractivity contribution is 0.0996. The van der Waals surface area contributed by atoms with Gasteiger partial charge in [0.25, 0.3) is 5.91 Å². The number of fused-ring (bicyclic) bond motifs is 1. The fourth-order valence-corrected chi connectivity index (χ4v) is 6.68. The molecule has 0 saturated heterocycles. The summed E-state index contributed by atoms with van der Waals surface area (Å²) in [6.45, 7) is 0. The Labute approximate surface area is 243 Å². The molecular weight excluding hydrogens is 613 g/mol. The average Bonchev–Trinajstić information content (AvgIpc) is 3.68. The van der Waals surface area contributed by atoms with Gasteiger partial charge in [-0.2, -0.15) is 5.10 Å². The van der Waals surface area contributed by atoms with Crippen molar-refractivity contribution in [2.24, 2.45) is 5.73 Å². The fourth-order valence-electron chi connectivity index (χ4n) is 5.29. The Morgan fingerprint density at radius 1 is 1.12 bits per heavy atom. The van der Waals surface area contributed by atoms with Crippen molar-refractivity contribution in [1.82, 2.24) is 29.7 Å². The molecule has 1 saturated carbocycles. The van der Waals surface area contributed by atoms with Crippen LogP contribution in [0.2, 0.25) is 0 Å². The summed E-state index contributed by atoms with van der Waals surface area (Å²) >= 11 is 3.31. The molecule has 2 aromatic carbocycles. The van der Waals surface area contributed by atoms with Gasteiger partial charge in [-0.15, -0.1) is 0 Å². The first-order chi connectivity index (χ1) is 19.5. The van der Waals surface area contributed by atoms with Gasteiger partial charge in [-0.05, 0) is 54.3 Å². The molecule has 0 unspecified atom stereocenters. The number of aromatic nitrogens is 6. The Balaban J connectivity index is 1.34. The zero-order valence-electron chi connectivity index (χ0n) is 21.9. The van der Waals surface area contributed by atoms with Crippen molar-refractivity contribution in [2.45, 2.75) is 42.9 Å². The summed E-state index contributed by atoms with van der Waals surface area (Å²) in [7, 11) is -3.54. The maximum atomic E-state index is 14.8. The number of hydrogen-bond donors (Lipinski definition) is 2. The molecule has 13 heteroatoms. The average molecular weight is 639 g/mol. The van der Waals surface area contributed by atoms with Gasteiger partial charge in [0.2, 0.25) is 0 Å². The fraction of sp³-hybridized carbons (Fsp3) is 0.250. The normalized spacial score (nSPS) is 14.2. The molecule has 1 amide bonds. The number of nitrogens with one attached hydrogen (secondary N) is 1. The van der Waals surface area contributed by atoms with E-state index in [4.69, 9.17) is 5.73 Å². The van der Waals surface area contributed by atoms with Crippen molar-refractivity contribution in [1.29, 1.82) is 0 Å². The van der Waals surface area contributed by atoms with Crippen LogP contribution in [0.5, 0.6) is 0 Å². The summed E-state index contributed by atoms with van der Waals surface area (Å²) in [6.07, 6.45) is 8.73. The highest BCUT2D eigenvalue weighted by Crippen LogP contribution is 2.34. The molecular formula is C28H25BrFN7O3S. The second-order valence-corrected chi connectivity index (χ2v) is 13.1. The first-order valence-electron chi connectivity index (χ1n) is 13.0. The van der Waals surface area contributed by atoms with E-state index in [2.05, 4.69) is 41.0 Å². The lowest BCUT2D eigenvalue weighted by atomic mass is 10.0. The number of carbonyl (C=O) groups is 1. The van der Waals surface area contributed by atoms with E-state index >= 15 is 0 Å². The number of nitrogens with zero attached hydrogens (tertiary/aromatic N) is 5. The molecule has 6 rings (SSSR count). The van der Waals surface area contributed by atoms with Crippen molar-refractivity contribution >= 4 is 42.8 Å².